The number of halogens is 1. The summed E-state index contributed by atoms with van der Waals surface area (Å²) in [5, 5.41) is 6.24. The number of nitrogens with zero attached hydrogens (tertiary/aromatic N) is 3. The maximum absolute atomic E-state index is 4.35. The van der Waals surface area contributed by atoms with Crippen LogP contribution in [0.2, 0.25) is 0 Å². The van der Waals surface area contributed by atoms with Crippen molar-refractivity contribution in [1.29, 1.82) is 0 Å². The van der Waals surface area contributed by atoms with E-state index in [2.05, 4.69) is 62.3 Å². The van der Waals surface area contributed by atoms with Crippen molar-refractivity contribution in [2.45, 2.75) is 26.3 Å². The lowest BCUT2D eigenvalue weighted by Gasteiger charge is -2.20. The van der Waals surface area contributed by atoms with Gasteiger partial charge in [0.25, 0.3) is 0 Å². The van der Waals surface area contributed by atoms with Crippen molar-refractivity contribution in [3.05, 3.63) is 10.7 Å². The Kier molecular flexibility index (Phi) is 6.35. The number of nitrogens with one attached hydrogen (secondary N) is 2. The molecule has 0 unspecified atom stereocenters. The molecule has 102 valence electrons. The van der Waals surface area contributed by atoms with Crippen LogP contribution in [0.25, 0.3) is 0 Å². The lowest BCUT2D eigenvalue weighted by atomic mass is 10.3. The monoisotopic (exact) mass is 315 g/mol. The molecular formula is C12H22BrN5. The van der Waals surface area contributed by atoms with Gasteiger partial charge in [-0.1, -0.05) is 0 Å². The maximum Gasteiger partial charge on any atom is 0.224 e. The van der Waals surface area contributed by atoms with Gasteiger partial charge in [-0.25, -0.2) is 4.98 Å². The minimum atomic E-state index is 0.590. The van der Waals surface area contributed by atoms with E-state index < -0.39 is 0 Å². The Balaban J connectivity index is 2.39. The van der Waals surface area contributed by atoms with Crippen LogP contribution < -0.4 is 10.6 Å². The van der Waals surface area contributed by atoms with Crippen molar-refractivity contribution in [3.63, 3.8) is 0 Å². The highest BCUT2D eigenvalue weighted by Crippen LogP contribution is 2.19. The third-order valence-corrected chi connectivity index (χ3v) is 3.41. The molecule has 0 amide bonds. The summed E-state index contributed by atoms with van der Waals surface area (Å²) in [6, 6.07) is 0.590. The number of rotatable bonds is 7. The molecule has 0 aliphatic carbocycles. The molecule has 0 aliphatic heterocycles. The maximum atomic E-state index is 4.35. The van der Waals surface area contributed by atoms with E-state index in [9.17, 15) is 0 Å². The van der Waals surface area contributed by atoms with Crippen LogP contribution in [0.1, 0.15) is 20.3 Å². The van der Waals surface area contributed by atoms with Crippen molar-refractivity contribution in [1.82, 2.24) is 14.9 Å². The minimum Gasteiger partial charge on any atom is -0.369 e. The molecule has 0 bridgehead atoms. The summed E-state index contributed by atoms with van der Waals surface area (Å²) < 4.78 is 0.888. The van der Waals surface area contributed by atoms with Crippen LogP contribution in [-0.2, 0) is 0 Å². The van der Waals surface area contributed by atoms with E-state index >= 15 is 0 Å². The number of hydrogen-bond acceptors (Lipinski definition) is 5. The molecule has 0 saturated carbocycles. The molecule has 0 atom stereocenters. The first-order valence-electron chi connectivity index (χ1n) is 6.19. The van der Waals surface area contributed by atoms with Crippen molar-refractivity contribution in [2.75, 3.05) is 37.8 Å². The molecule has 0 aliphatic rings. The summed E-state index contributed by atoms with van der Waals surface area (Å²) in [5.41, 5.74) is 0. The van der Waals surface area contributed by atoms with E-state index in [1.54, 1.807) is 6.20 Å². The Morgan fingerprint density at radius 2 is 2.17 bits per heavy atom. The Bertz CT molecular complexity index is 369. The van der Waals surface area contributed by atoms with E-state index in [0.717, 1.165) is 29.8 Å². The second-order valence-electron chi connectivity index (χ2n) is 4.49. The summed E-state index contributed by atoms with van der Waals surface area (Å²) in [7, 11) is 3.95. The SMILES string of the molecule is CNc1ncc(Br)c(NCCCN(C)C(C)C)n1. The highest BCUT2D eigenvalue weighted by atomic mass is 79.9. The van der Waals surface area contributed by atoms with Crippen LogP contribution in [-0.4, -0.2) is 48.1 Å². The topological polar surface area (TPSA) is 53.1 Å². The second kappa shape index (κ2) is 7.53. The zero-order valence-corrected chi connectivity index (χ0v) is 13.1. The van der Waals surface area contributed by atoms with E-state index in [-0.39, 0.29) is 0 Å². The first-order valence-corrected chi connectivity index (χ1v) is 6.98. The average molecular weight is 316 g/mol. The fraction of sp³-hybridized carbons (Fsp3) is 0.667. The Labute approximate surface area is 118 Å². The molecule has 0 fully saturated rings. The standard InChI is InChI=1S/C12H22BrN5/c1-9(2)18(4)7-5-6-15-11-10(13)8-16-12(14-3)17-11/h8-9H,5-7H2,1-4H3,(H2,14,15,16,17). The zero-order chi connectivity index (χ0) is 13.5. The predicted molar refractivity (Wildman–Crippen MR) is 80.2 cm³/mol. The quantitative estimate of drug-likeness (QED) is 0.757. The largest absolute Gasteiger partial charge is 0.369 e. The van der Waals surface area contributed by atoms with E-state index in [1.165, 1.54) is 0 Å². The molecule has 1 aromatic heterocycles. The molecule has 0 radical (unpaired) electrons. The molecule has 1 heterocycles. The van der Waals surface area contributed by atoms with Gasteiger partial charge in [-0.15, -0.1) is 0 Å². The van der Waals surface area contributed by atoms with Gasteiger partial charge in [0, 0.05) is 25.8 Å². The lowest BCUT2D eigenvalue weighted by Crippen LogP contribution is -2.28. The van der Waals surface area contributed by atoms with Gasteiger partial charge in [-0.05, 0) is 49.8 Å². The van der Waals surface area contributed by atoms with Gasteiger partial charge in [0.2, 0.25) is 5.95 Å². The number of anilines is 2. The highest BCUT2D eigenvalue weighted by molar-refractivity contribution is 9.10. The van der Waals surface area contributed by atoms with Crippen molar-refractivity contribution in [2.24, 2.45) is 0 Å². The average Bonchev–Trinajstić information content (AvgIpc) is 2.36. The summed E-state index contributed by atoms with van der Waals surface area (Å²) in [4.78, 5) is 10.8. The van der Waals surface area contributed by atoms with Crippen LogP contribution in [0.4, 0.5) is 11.8 Å². The highest BCUT2D eigenvalue weighted by Gasteiger charge is 2.05. The molecular weight excluding hydrogens is 294 g/mol. The van der Waals surface area contributed by atoms with Gasteiger partial charge >= 0.3 is 0 Å². The van der Waals surface area contributed by atoms with Crippen molar-refractivity contribution in [3.8, 4) is 0 Å². The van der Waals surface area contributed by atoms with Crippen LogP contribution >= 0.6 is 15.9 Å². The molecule has 0 spiro atoms. The van der Waals surface area contributed by atoms with Crippen molar-refractivity contribution >= 4 is 27.7 Å². The molecule has 0 saturated heterocycles. The van der Waals surface area contributed by atoms with Crippen LogP contribution in [0.15, 0.2) is 10.7 Å². The fourth-order valence-corrected chi connectivity index (χ4v) is 1.74. The summed E-state index contributed by atoms with van der Waals surface area (Å²) >= 11 is 3.44. The van der Waals surface area contributed by atoms with Gasteiger partial charge in [0.05, 0.1) is 4.47 Å². The molecule has 5 nitrogen and oxygen atoms in total. The predicted octanol–water partition coefficient (Wildman–Crippen LogP) is 2.42. The van der Waals surface area contributed by atoms with Gasteiger partial charge in [0.1, 0.15) is 5.82 Å². The smallest absolute Gasteiger partial charge is 0.224 e. The van der Waals surface area contributed by atoms with Crippen LogP contribution in [0.3, 0.4) is 0 Å². The molecule has 0 aromatic carbocycles. The Morgan fingerprint density at radius 1 is 1.44 bits per heavy atom. The lowest BCUT2D eigenvalue weighted by molar-refractivity contribution is 0.273. The summed E-state index contributed by atoms with van der Waals surface area (Å²) in [6.45, 7) is 6.38. The third-order valence-electron chi connectivity index (χ3n) is 2.83. The third kappa shape index (κ3) is 4.78. The first-order chi connectivity index (χ1) is 8.54. The van der Waals surface area contributed by atoms with Gasteiger partial charge in [-0.2, -0.15) is 4.98 Å². The number of hydrogen-bond donors (Lipinski definition) is 2. The molecule has 1 rings (SSSR count). The number of aromatic nitrogens is 2. The van der Waals surface area contributed by atoms with Gasteiger partial charge < -0.3 is 15.5 Å². The molecule has 1 aromatic rings. The fourth-order valence-electron chi connectivity index (χ4n) is 1.40. The Hall–Kier alpha value is -0.880. The zero-order valence-electron chi connectivity index (χ0n) is 11.5. The second-order valence-corrected chi connectivity index (χ2v) is 5.35. The van der Waals surface area contributed by atoms with E-state index in [4.69, 9.17) is 0 Å². The summed E-state index contributed by atoms with van der Waals surface area (Å²) in [6.07, 6.45) is 2.83. The van der Waals surface area contributed by atoms with Crippen LogP contribution in [0, 0.1) is 0 Å². The Morgan fingerprint density at radius 3 is 2.78 bits per heavy atom. The minimum absolute atomic E-state index is 0.590. The van der Waals surface area contributed by atoms with Crippen LogP contribution in [0.5, 0.6) is 0 Å². The molecule has 6 heteroatoms. The first kappa shape index (κ1) is 15.2. The molecule has 2 N–H and O–H groups in total. The summed E-state index contributed by atoms with van der Waals surface area (Å²) in [5.74, 6) is 1.46. The van der Waals surface area contributed by atoms with Crippen molar-refractivity contribution < 1.29 is 0 Å². The van der Waals surface area contributed by atoms with Gasteiger partial charge in [-0.3, -0.25) is 0 Å². The van der Waals surface area contributed by atoms with E-state index in [1.807, 2.05) is 7.05 Å². The van der Waals surface area contributed by atoms with Gasteiger partial charge in [0.15, 0.2) is 0 Å². The van der Waals surface area contributed by atoms with E-state index in [0.29, 0.717) is 12.0 Å². The molecule has 18 heavy (non-hydrogen) atoms. The normalized spacial score (nSPS) is 11.1.